The fraction of sp³-hybridized carbons (Fsp3) is 0.360. The van der Waals surface area contributed by atoms with Gasteiger partial charge in [-0.25, -0.2) is 4.79 Å². The van der Waals surface area contributed by atoms with Crippen molar-refractivity contribution in [3.63, 3.8) is 0 Å². The van der Waals surface area contributed by atoms with Gasteiger partial charge < -0.3 is 14.2 Å². The van der Waals surface area contributed by atoms with E-state index in [0.717, 1.165) is 50.7 Å². The van der Waals surface area contributed by atoms with E-state index in [1.54, 1.807) is 24.1 Å². The lowest BCUT2D eigenvalue weighted by atomic mass is 10.0. The Hall–Kier alpha value is -2.92. The number of amides is 1. The number of piperidine rings is 1. The number of fused-ring (bicyclic) bond motifs is 1. The quantitative estimate of drug-likeness (QED) is 0.584. The molecule has 1 fully saturated rings. The Morgan fingerprint density at radius 1 is 1.13 bits per heavy atom. The Balaban J connectivity index is 1.39. The fourth-order valence-corrected chi connectivity index (χ4v) is 4.27. The van der Waals surface area contributed by atoms with Gasteiger partial charge in [0, 0.05) is 25.0 Å². The highest BCUT2D eigenvalue weighted by Gasteiger charge is 2.28. The molecule has 30 heavy (non-hydrogen) atoms. The van der Waals surface area contributed by atoms with Crippen molar-refractivity contribution in [3.8, 4) is 0 Å². The molecular formula is C25H28N2O3. The van der Waals surface area contributed by atoms with Crippen LogP contribution in [0, 0.1) is 0 Å². The molecule has 1 amide bonds. The number of hydrogen-bond donors (Lipinski definition) is 0. The number of hydrogen-bond acceptors (Lipinski definition) is 4. The molecule has 0 N–H and O–H groups in total. The van der Waals surface area contributed by atoms with Crippen LogP contribution in [0.3, 0.4) is 0 Å². The molecule has 2 aromatic carbocycles. The predicted molar refractivity (Wildman–Crippen MR) is 119 cm³/mol. The van der Waals surface area contributed by atoms with Gasteiger partial charge in [0.25, 0.3) is 5.91 Å². The molecular weight excluding hydrogens is 376 g/mol. The van der Waals surface area contributed by atoms with Crippen LogP contribution in [0.15, 0.2) is 69.9 Å². The third-order valence-corrected chi connectivity index (χ3v) is 6.00. The zero-order chi connectivity index (χ0) is 20.9. The van der Waals surface area contributed by atoms with Crippen molar-refractivity contribution in [2.75, 3.05) is 26.7 Å². The number of aryl methyl sites for hydroxylation is 1. The van der Waals surface area contributed by atoms with Crippen molar-refractivity contribution in [1.29, 1.82) is 0 Å². The summed E-state index contributed by atoms with van der Waals surface area (Å²) in [6.45, 7) is 2.92. The average Bonchev–Trinajstić information content (AvgIpc) is 2.78. The Morgan fingerprint density at radius 3 is 2.73 bits per heavy atom. The van der Waals surface area contributed by atoms with Gasteiger partial charge >= 0.3 is 5.63 Å². The lowest BCUT2D eigenvalue weighted by Crippen LogP contribution is -2.49. The van der Waals surface area contributed by atoms with Gasteiger partial charge in [-0.2, -0.15) is 0 Å². The van der Waals surface area contributed by atoms with Crippen molar-refractivity contribution >= 4 is 16.9 Å². The molecule has 0 bridgehead atoms. The van der Waals surface area contributed by atoms with Gasteiger partial charge in [-0.1, -0.05) is 48.5 Å². The minimum Gasteiger partial charge on any atom is -0.422 e. The molecule has 1 aliphatic heterocycles. The molecule has 0 unspecified atom stereocenters. The topological polar surface area (TPSA) is 53.8 Å². The number of para-hydroxylation sites is 1. The van der Waals surface area contributed by atoms with E-state index < -0.39 is 5.63 Å². The van der Waals surface area contributed by atoms with Crippen molar-refractivity contribution in [2.24, 2.45) is 0 Å². The van der Waals surface area contributed by atoms with E-state index in [1.165, 1.54) is 5.56 Å². The number of nitrogens with zero attached hydrogens (tertiary/aromatic N) is 2. The van der Waals surface area contributed by atoms with Crippen molar-refractivity contribution in [1.82, 2.24) is 9.80 Å². The normalized spacial score (nSPS) is 17.2. The summed E-state index contributed by atoms with van der Waals surface area (Å²) in [7, 11) is 1.80. The minimum absolute atomic E-state index is 0.105. The number of carbonyl (C=O) groups is 1. The second-order valence-corrected chi connectivity index (χ2v) is 8.09. The molecule has 156 valence electrons. The van der Waals surface area contributed by atoms with Crippen molar-refractivity contribution < 1.29 is 9.21 Å². The molecule has 4 rings (SSSR count). The van der Waals surface area contributed by atoms with E-state index in [9.17, 15) is 9.59 Å². The number of rotatable bonds is 6. The van der Waals surface area contributed by atoms with Gasteiger partial charge in [0.2, 0.25) is 0 Å². The van der Waals surface area contributed by atoms with Crippen LogP contribution < -0.4 is 5.63 Å². The number of carbonyl (C=O) groups excluding carboxylic acids is 1. The summed E-state index contributed by atoms with van der Waals surface area (Å²) in [6.07, 6.45) is 4.17. The van der Waals surface area contributed by atoms with Gasteiger partial charge in [-0.05, 0) is 56.5 Å². The smallest absolute Gasteiger partial charge is 0.349 e. The van der Waals surface area contributed by atoms with E-state index in [1.807, 2.05) is 24.3 Å². The maximum absolute atomic E-state index is 13.1. The van der Waals surface area contributed by atoms with Crippen LogP contribution in [-0.4, -0.2) is 48.4 Å². The first-order valence-electron chi connectivity index (χ1n) is 10.7. The van der Waals surface area contributed by atoms with Crippen molar-refractivity contribution in [2.45, 2.75) is 31.7 Å². The average molecular weight is 405 g/mol. The van der Waals surface area contributed by atoms with Gasteiger partial charge in [-0.3, -0.25) is 4.79 Å². The van der Waals surface area contributed by atoms with Gasteiger partial charge in [0.1, 0.15) is 11.1 Å². The number of benzene rings is 2. The van der Waals surface area contributed by atoms with Crippen LogP contribution in [0.1, 0.15) is 35.2 Å². The Kier molecular flexibility index (Phi) is 6.29. The molecule has 1 aliphatic rings. The summed E-state index contributed by atoms with van der Waals surface area (Å²) in [5.74, 6) is -0.259. The lowest BCUT2D eigenvalue weighted by Gasteiger charge is -2.37. The SMILES string of the molecule is CN(C(=O)c1cc2ccccc2oc1=O)[C@H]1CCCN(CCCc2ccccc2)C1. The van der Waals surface area contributed by atoms with Crippen molar-refractivity contribution in [3.05, 3.63) is 82.2 Å². The summed E-state index contributed by atoms with van der Waals surface area (Å²) >= 11 is 0. The van der Waals surface area contributed by atoms with Gasteiger partial charge in [0.15, 0.2) is 0 Å². The highest BCUT2D eigenvalue weighted by Crippen LogP contribution is 2.19. The zero-order valence-corrected chi connectivity index (χ0v) is 17.4. The van der Waals surface area contributed by atoms with Gasteiger partial charge in [0.05, 0.1) is 0 Å². The first-order valence-corrected chi connectivity index (χ1v) is 10.7. The molecule has 0 radical (unpaired) electrons. The van der Waals surface area contributed by atoms with E-state index in [-0.39, 0.29) is 17.5 Å². The van der Waals surface area contributed by atoms with Crippen LogP contribution >= 0.6 is 0 Å². The van der Waals surface area contributed by atoms with E-state index in [2.05, 4.69) is 29.2 Å². The maximum atomic E-state index is 13.1. The van der Waals surface area contributed by atoms with E-state index in [0.29, 0.717) is 5.58 Å². The minimum atomic E-state index is -0.568. The van der Waals surface area contributed by atoms with E-state index in [4.69, 9.17) is 4.42 Å². The predicted octanol–water partition coefficient (Wildman–Crippen LogP) is 3.96. The highest BCUT2D eigenvalue weighted by atomic mass is 16.4. The molecule has 1 atom stereocenters. The summed E-state index contributed by atoms with van der Waals surface area (Å²) in [4.78, 5) is 29.6. The zero-order valence-electron chi connectivity index (χ0n) is 17.4. The lowest BCUT2D eigenvalue weighted by molar-refractivity contribution is 0.0613. The number of likely N-dealkylation sites (N-methyl/N-ethyl adjacent to an activating group) is 1. The third-order valence-electron chi connectivity index (χ3n) is 6.00. The fourth-order valence-electron chi connectivity index (χ4n) is 4.27. The summed E-state index contributed by atoms with van der Waals surface area (Å²) in [5, 5.41) is 0.764. The summed E-state index contributed by atoms with van der Waals surface area (Å²) in [5.41, 5.74) is 1.41. The maximum Gasteiger partial charge on any atom is 0.349 e. The Labute approximate surface area is 176 Å². The monoisotopic (exact) mass is 404 g/mol. The second kappa shape index (κ2) is 9.26. The summed E-state index contributed by atoms with van der Waals surface area (Å²) in [6, 6.07) is 19.6. The van der Waals surface area contributed by atoms with Crippen LogP contribution in [0.25, 0.3) is 11.0 Å². The number of likely N-dealkylation sites (tertiary alicyclic amines) is 1. The van der Waals surface area contributed by atoms with Crippen LogP contribution in [0.4, 0.5) is 0 Å². The Bertz CT molecular complexity index is 1060. The molecule has 1 saturated heterocycles. The largest absolute Gasteiger partial charge is 0.422 e. The summed E-state index contributed by atoms with van der Waals surface area (Å²) < 4.78 is 5.35. The highest BCUT2D eigenvalue weighted by molar-refractivity contribution is 5.96. The first kappa shape index (κ1) is 20.4. The molecule has 0 aliphatic carbocycles. The van der Waals surface area contributed by atoms with Crippen LogP contribution in [0.5, 0.6) is 0 Å². The van der Waals surface area contributed by atoms with Crippen LogP contribution in [0.2, 0.25) is 0 Å². The third kappa shape index (κ3) is 4.62. The first-order chi connectivity index (χ1) is 14.6. The molecule has 2 heterocycles. The molecule has 1 aromatic heterocycles. The standard InChI is InChI=1S/C25H28N2O3/c1-26(24(28)22-17-20-12-5-6-14-23(20)30-25(22)29)21-13-8-16-27(18-21)15-7-11-19-9-3-2-4-10-19/h2-6,9-10,12,14,17,21H,7-8,11,13,15-16,18H2,1H3/t21-/m0/s1. The van der Waals surface area contributed by atoms with E-state index >= 15 is 0 Å². The van der Waals surface area contributed by atoms with Crippen LogP contribution in [-0.2, 0) is 6.42 Å². The van der Waals surface area contributed by atoms with Gasteiger partial charge in [-0.15, -0.1) is 0 Å². The molecule has 3 aromatic rings. The Morgan fingerprint density at radius 2 is 1.90 bits per heavy atom. The second-order valence-electron chi connectivity index (χ2n) is 8.09. The molecule has 0 saturated carbocycles. The molecule has 5 nitrogen and oxygen atoms in total. The molecule has 0 spiro atoms. The molecule has 5 heteroatoms.